The molecule has 1 N–H and O–H groups in total. The van der Waals surface area contributed by atoms with E-state index in [0.29, 0.717) is 6.42 Å². The van der Waals surface area contributed by atoms with E-state index in [-0.39, 0.29) is 0 Å². The van der Waals surface area contributed by atoms with Crippen LogP contribution in [0.2, 0.25) is 0 Å². The SMILES string of the molecule is CCC/C=C/CC(C(=O)O)c1ccccc1. The molecule has 1 unspecified atom stereocenters. The first-order valence-electron chi connectivity index (χ1n) is 5.68. The number of allylic oxidation sites excluding steroid dienone is 2. The molecule has 16 heavy (non-hydrogen) atoms. The van der Waals surface area contributed by atoms with Gasteiger partial charge in [-0.05, 0) is 18.4 Å². The number of hydrogen-bond acceptors (Lipinski definition) is 1. The van der Waals surface area contributed by atoms with E-state index < -0.39 is 11.9 Å². The van der Waals surface area contributed by atoms with Gasteiger partial charge in [0.1, 0.15) is 0 Å². The van der Waals surface area contributed by atoms with Crippen LogP contribution in [0.15, 0.2) is 42.5 Å². The molecule has 0 bridgehead atoms. The zero-order valence-electron chi connectivity index (χ0n) is 9.60. The molecule has 1 rings (SSSR count). The van der Waals surface area contributed by atoms with Crippen LogP contribution in [0.5, 0.6) is 0 Å². The van der Waals surface area contributed by atoms with E-state index >= 15 is 0 Å². The summed E-state index contributed by atoms with van der Waals surface area (Å²) in [6, 6.07) is 9.39. The molecule has 0 amide bonds. The van der Waals surface area contributed by atoms with Crippen LogP contribution < -0.4 is 0 Å². The molecular formula is C14H18O2. The van der Waals surface area contributed by atoms with Gasteiger partial charge < -0.3 is 5.11 Å². The van der Waals surface area contributed by atoms with Crippen molar-refractivity contribution in [1.82, 2.24) is 0 Å². The summed E-state index contributed by atoms with van der Waals surface area (Å²) in [6.45, 7) is 2.11. The van der Waals surface area contributed by atoms with Gasteiger partial charge in [-0.3, -0.25) is 4.79 Å². The van der Waals surface area contributed by atoms with Crippen LogP contribution in [0.3, 0.4) is 0 Å². The van der Waals surface area contributed by atoms with E-state index in [1.54, 1.807) is 0 Å². The molecule has 1 atom stereocenters. The number of carboxylic acid groups (broad SMARTS) is 1. The fraction of sp³-hybridized carbons (Fsp3) is 0.357. The van der Waals surface area contributed by atoms with Gasteiger partial charge in [-0.2, -0.15) is 0 Å². The average molecular weight is 218 g/mol. The first-order chi connectivity index (χ1) is 7.75. The quantitative estimate of drug-likeness (QED) is 0.741. The maximum atomic E-state index is 11.1. The van der Waals surface area contributed by atoms with E-state index in [1.807, 2.05) is 36.4 Å². The predicted octanol–water partition coefficient (Wildman–Crippen LogP) is 3.60. The molecule has 0 aliphatic carbocycles. The predicted molar refractivity (Wildman–Crippen MR) is 65.5 cm³/mol. The Morgan fingerprint density at radius 1 is 1.31 bits per heavy atom. The summed E-state index contributed by atoms with van der Waals surface area (Å²) < 4.78 is 0. The van der Waals surface area contributed by atoms with Gasteiger partial charge in [-0.25, -0.2) is 0 Å². The highest BCUT2D eigenvalue weighted by Crippen LogP contribution is 2.20. The van der Waals surface area contributed by atoms with Crippen molar-refractivity contribution >= 4 is 5.97 Å². The number of carbonyl (C=O) groups is 1. The summed E-state index contributed by atoms with van der Waals surface area (Å²) in [6.07, 6.45) is 6.70. The van der Waals surface area contributed by atoms with Gasteiger partial charge in [0.2, 0.25) is 0 Å². The molecule has 86 valence electrons. The van der Waals surface area contributed by atoms with Crippen LogP contribution in [0.1, 0.15) is 37.7 Å². The lowest BCUT2D eigenvalue weighted by molar-refractivity contribution is -0.138. The summed E-state index contributed by atoms with van der Waals surface area (Å²) in [5.74, 6) is -1.18. The lowest BCUT2D eigenvalue weighted by Crippen LogP contribution is -2.10. The molecule has 0 fully saturated rings. The highest BCUT2D eigenvalue weighted by Gasteiger charge is 2.17. The second-order valence-corrected chi connectivity index (χ2v) is 3.80. The lowest BCUT2D eigenvalue weighted by Gasteiger charge is -2.09. The first-order valence-corrected chi connectivity index (χ1v) is 5.68. The maximum Gasteiger partial charge on any atom is 0.311 e. The Labute approximate surface area is 96.6 Å². The fourth-order valence-corrected chi connectivity index (χ4v) is 1.58. The molecular weight excluding hydrogens is 200 g/mol. The first kappa shape index (κ1) is 12.5. The van der Waals surface area contributed by atoms with Crippen molar-refractivity contribution in [2.24, 2.45) is 0 Å². The largest absolute Gasteiger partial charge is 0.481 e. The van der Waals surface area contributed by atoms with Crippen molar-refractivity contribution in [3.05, 3.63) is 48.0 Å². The Morgan fingerprint density at radius 3 is 2.56 bits per heavy atom. The zero-order valence-corrected chi connectivity index (χ0v) is 9.60. The minimum atomic E-state index is -0.757. The Balaban J connectivity index is 2.66. The average Bonchev–Trinajstić information content (AvgIpc) is 2.30. The summed E-state index contributed by atoms with van der Waals surface area (Å²) in [7, 11) is 0. The van der Waals surface area contributed by atoms with Crippen molar-refractivity contribution < 1.29 is 9.90 Å². The Kier molecular flexibility index (Phi) is 5.34. The van der Waals surface area contributed by atoms with Gasteiger partial charge >= 0.3 is 5.97 Å². The topological polar surface area (TPSA) is 37.3 Å². The van der Waals surface area contributed by atoms with Gasteiger partial charge in [0.15, 0.2) is 0 Å². The highest BCUT2D eigenvalue weighted by molar-refractivity contribution is 5.76. The normalized spacial score (nSPS) is 12.8. The molecule has 0 aliphatic rings. The van der Waals surface area contributed by atoms with E-state index in [9.17, 15) is 4.79 Å². The van der Waals surface area contributed by atoms with Gasteiger partial charge in [0.25, 0.3) is 0 Å². The van der Waals surface area contributed by atoms with E-state index in [1.165, 1.54) is 0 Å². The lowest BCUT2D eigenvalue weighted by atomic mass is 9.95. The number of hydrogen-bond donors (Lipinski definition) is 1. The molecule has 1 aromatic rings. The van der Waals surface area contributed by atoms with Crippen LogP contribution in [0.25, 0.3) is 0 Å². The molecule has 0 aromatic heterocycles. The second kappa shape index (κ2) is 6.83. The van der Waals surface area contributed by atoms with Gasteiger partial charge in [0.05, 0.1) is 5.92 Å². The van der Waals surface area contributed by atoms with Crippen molar-refractivity contribution in [1.29, 1.82) is 0 Å². The molecule has 0 saturated carbocycles. The zero-order chi connectivity index (χ0) is 11.8. The molecule has 0 spiro atoms. The van der Waals surface area contributed by atoms with Gasteiger partial charge in [-0.1, -0.05) is 55.8 Å². The number of benzene rings is 1. The van der Waals surface area contributed by atoms with Crippen LogP contribution in [0.4, 0.5) is 0 Å². The Morgan fingerprint density at radius 2 is 2.00 bits per heavy atom. The molecule has 0 aliphatic heterocycles. The minimum absolute atomic E-state index is 0.422. The van der Waals surface area contributed by atoms with Crippen LogP contribution in [-0.4, -0.2) is 11.1 Å². The smallest absolute Gasteiger partial charge is 0.311 e. The standard InChI is InChI=1S/C14H18O2/c1-2-3-4-8-11-13(14(15)16)12-9-6-5-7-10-12/h4-10,13H,2-3,11H2,1H3,(H,15,16)/b8-4+. The fourth-order valence-electron chi connectivity index (χ4n) is 1.58. The van der Waals surface area contributed by atoms with Crippen molar-refractivity contribution in [2.45, 2.75) is 32.1 Å². The summed E-state index contributed by atoms with van der Waals surface area (Å²) in [5.41, 5.74) is 0.871. The Hall–Kier alpha value is -1.57. The van der Waals surface area contributed by atoms with Crippen LogP contribution >= 0.6 is 0 Å². The molecule has 0 saturated heterocycles. The van der Waals surface area contributed by atoms with Gasteiger partial charge in [0, 0.05) is 0 Å². The third-order valence-corrected chi connectivity index (χ3v) is 2.49. The number of rotatable bonds is 6. The van der Waals surface area contributed by atoms with E-state index in [0.717, 1.165) is 18.4 Å². The molecule has 0 radical (unpaired) electrons. The number of unbranched alkanes of at least 4 members (excludes halogenated alkanes) is 1. The van der Waals surface area contributed by atoms with Crippen LogP contribution in [-0.2, 0) is 4.79 Å². The monoisotopic (exact) mass is 218 g/mol. The maximum absolute atomic E-state index is 11.1. The molecule has 0 heterocycles. The van der Waals surface area contributed by atoms with E-state index in [4.69, 9.17) is 5.11 Å². The van der Waals surface area contributed by atoms with E-state index in [2.05, 4.69) is 13.0 Å². The summed E-state index contributed by atoms with van der Waals surface area (Å²) >= 11 is 0. The van der Waals surface area contributed by atoms with Crippen molar-refractivity contribution in [3.63, 3.8) is 0 Å². The van der Waals surface area contributed by atoms with Crippen molar-refractivity contribution in [2.75, 3.05) is 0 Å². The molecule has 2 nitrogen and oxygen atoms in total. The molecule has 1 aromatic carbocycles. The van der Waals surface area contributed by atoms with Crippen molar-refractivity contribution in [3.8, 4) is 0 Å². The highest BCUT2D eigenvalue weighted by atomic mass is 16.4. The number of aliphatic carboxylic acids is 1. The summed E-state index contributed by atoms with van der Waals surface area (Å²) in [5, 5.41) is 9.15. The molecule has 2 heteroatoms. The second-order valence-electron chi connectivity index (χ2n) is 3.80. The number of carboxylic acids is 1. The van der Waals surface area contributed by atoms with Gasteiger partial charge in [-0.15, -0.1) is 0 Å². The van der Waals surface area contributed by atoms with Crippen LogP contribution in [0, 0.1) is 0 Å². The third kappa shape index (κ3) is 3.89. The third-order valence-electron chi connectivity index (χ3n) is 2.49. The summed E-state index contributed by atoms with van der Waals surface area (Å²) in [4.78, 5) is 11.1. The minimum Gasteiger partial charge on any atom is -0.481 e. The Bertz CT molecular complexity index is 341.